The number of benzene rings is 2. The number of aryl methyl sites for hydroxylation is 1. The molecule has 2 N–H and O–H groups in total. The predicted molar refractivity (Wildman–Crippen MR) is 142 cm³/mol. The third kappa shape index (κ3) is 3.97. The van der Waals surface area contributed by atoms with Crippen LogP contribution in [0, 0.1) is 0 Å². The average Bonchev–Trinajstić information content (AvgIpc) is 3.66. The van der Waals surface area contributed by atoms with Gasteiger partial charge in [-0.1, -0.05) is 37.3 Å². The summed E-state index contributed by atoms with van der Waals surface area (Å²) in [5.41, 5.74) is 5.30. The Balaban J connectivity index is 1.42. The summed E-state index contributed by atoms with van der Waals surface area (Å²) in [5.74, 6) is 1.92. The van der Waals surface area contributed by atoms with Crippen molar-refractivity contribution in [1.29, 1.82) is 0 Å². The van der Waals surface area contributed by atoms with Gasteiger partial charge in [-0.2, -0.15) is 0 Å². The first-order chi connectivity index (χ1) is 18.1. The second-order valence-corrected chi connectivity index (χ2v) is 9.25. The van der Waals surface area contributed by atoms with Crippen molar-refractivity contribution in [2.45, 2.75) is 19.9 Å². The van der Waals surface area contributed by atoms with Gasteiger partial charge >= 0.3 is 0 Å². The lowest BCUT2D eigenvalue weighted by atomic mass is 10.0. The number of fused-ring (bicyclic) bond motifs is 2. The summed E-state index contributed by atoms with van der Waals surface area (Å²) in [7, 11) is 1.59. The van der Waals surface area contributed by atoms with Gasteiger partial charge in [-0.15, -0.1) is 5.10 Å². The Morgan fingerprint density at radius 2 is 1.95 bits per heavy atom. The van der Waals surface area contributed by atoms with Crippen molar-refractivity contribution in [2.24, 2.45) is 0 Å². The van der Waals surface area contributed by atoms with E-state index >= 15 is 0 Å². The first-order valence-corrected chi connectivity index (χ1v) is 12.5. The van der Waals surface area contributed by atoms with Crippen LogP contribution in [0.25, 0.3) is 44.8 Å². The summed E-state index contributed by atoms with van der Waals surface area (Å²) in [6, 6.07) is 17.4. The van der Waals surface area contributed by atoms with E-state index < -0.39 is 0 Å². The lowest BCUT2D eigenvalue weighted by Crippen LogP contribution is -2.19. The Labute approximate surface area is 219 Å². The third-order valence-corrected chi connectivity index (χ3v) is 7.04. The molecule has 0 aliphatic rings. The quantitative estimate of drug-likeness (QED) is 0.302. The number of carbonyl (C=O) groups is 1. The number of carbonyl (C=O) groups excluding carboxylic acids is 1. The fourth-order valence-electron chi connectivity index (χ4n) is 4.47. The first kappa shape index (κ1) is 23.0. The monoisotopic (exact) mass is 556 g/mol. The van der Waals surface area contributed by atoms with Crippen molar-refractivity contribution in [3.63, 3.8) is 0 Å². The lowest BCUT2D eigenvalue weighted by molar-refractivity contribution is 0.0958. The molecule has 0 radical (unpaired) electrons. The first-order valence-electron chi connectivity index (χ1n) is 11.7. The van der Waals surface area contributed by atoms with Crippen LogP contribution in [0.1, 0.15) is 28.8 Å². The molecule has 184 valence electrons. The molecule has 11 heteroatoms. The molecule has 0 atom stereocenters. The number of nitrogens with zero attached hydrogens (tertiary/aromatic N) is 6. The van der Waals surface area contributed by atoms with Crippen LogP contribution in [0.3, 0.4) is 0 Å². The summed E-state index contributed by atoms with van der Waals surface area (Å²) in [4.78, 5) is 21.5. The van der Waals surface area contributed by atoms with E-state index in [-0.39, 0.29) is 5.91 Å². The molecule has 0 bridgehead atoms. The van der Waals surface area contributed by atoms with Crippen LogP contribution in [-0.2, 0) is 13.0 Å². The van der Waals surface area contributed by atoms with Gasteiger partial charge in [0.1, 0.15) is 28.4 Å². The van der Waals surface area contributed by atoms with Crippen molar-refractivity contribution in [3.8, 4) is 22.7 Å². The Morgan fingerprint density at radius 1 is 1.11 bits per heavy atom. The molecule has 0 spiro atoms. The number of aromatic nitrogens is 7. The maximum atomic E-state index is 12.2. The number of hydrogen-bond donors (Lipinski definition) is 2. The summed E-state index contributed by atoms with van der Waals surface area (Å²) in [6.07, 6.45) is 0.737. The van der Waals surface area contributed by atoms with Gasteiger partial charge in [-0.05, 0) is 56.2 Å². The van der Waals surface area contributed by atoms with Crippen molar-refractivity contribution >= 4 is 44.0 Å². The molecular formula is C26H21BrN8O2. The molecular weight excluding hydrogens is 536 g/mol. The van der Waals surface area contributed by atoms with E-state index in [1.54, 1.807) is 13.1 Å². The van der Waals surface area contributed by atoms with E-state index in [1.165, 1.54) is 0 Å². The minimum absolute atomic E-state index is 0.231. The Bertz CT molecular complexity index is 1770. The number of hydrogen-bond acceptors (Lipinski definition) is 7. The number of H-pyrrole nitrogens is 1. The van der Waals surface area contributed by atoms with Crippen molar-refractivity contribution < 1.29 is 9.21 Å². The number of pyridine rings is 1. The lowest BCUT2D eigenvalue weighted by Gasteiger charge is -2.08. The SMILES string of the molecule is CCc1nc2ccc(C(=O)NC)nc2n1Cc1ccc2oc(-c3ccccc3-c3nnn[nH]3)c(Br)c2c1. The minimum atomic E-state index is -0.231. The molecule has 0 aliphatic heterocycles. The summed E-state index contributed by atoms with van der Waals surface area (Å²) in [6.45, 7) is 2.61. The maximum Gasteiger partial charge on any atom is 0.269 e. The van der Waals surface area contributed by atoms with Crippen molar-refractivity contribution in [3.05, 3.63) is 76.2 Å². The number of rotatable bonds is 6. The van der Waals surface area contributed by atoms with Gasteiger partial charge in [0.25, 0.3) is 5.91 Å². The molecule has 0 saturated heterocycles. The van der Waals surface area contributed by atoms with Crippen molar-refractivity contribution in [2.75, 3.05) is 7.05 Å². The number of amides is 1. The van der Waals surface area contributed by atoms with E-state index in [2.05, 4.69) is 64.4 Å². The fraction of sp³-hybridized carbons (Fsp3) is 0.154. The van der Waals surface area contributed by atoms with Gasteiger partial charge in [0.2, 0.25) is 0 Å². The number of tetrazole rings is 1. The molecule has 0 fully saturated rings. The molecule has 37 heavy (non-hydrogen) atoms. The van der Waals surface area contributed by atoms with Gasteiger partial charge in [0.15, 0.2) is 11.5 Å². The van der Waals surface area contributed by atoms with Crippen LogP contribution in [0.15, 0.2) is 63.5 Å². The number of nitrogens with one attached hydrogen (secondary N) is 2. The highest BCUT2D eigenvalue weighted by Gasteiger charge is 2.20. The highest BCUT2D eigenvalue weighted by molar-refractivity contribution is 9.10. The summed E-state index contributed by atoms with van der Waals surface area (Å²) >= 11 is 3.77. The predicted octanol–water partition coefficient (Wildman–Crippen LogP) is 4.76. The van der Waals surface area contributed by atoms with Gasteiger partial charge in [0.05, 0.1) is 11.0 Å². The van der Waals surface area contributed by atoms with E-state index in [1.807, 2.05) is 42.5 Å². The Morgan fingerprint density at radius 3 is 2.70 bits per heavy atom. The van der Waals surface area contributed by atoms with E-state index in [4.69, 9.17) is 9.40 Å². The van der Waals surface area contributed by atoms with E-state index in [0.717, 1.165) is 49.9 Å². The second-order valence-electron chi connectivity index (χ2n) is 8.46. The maximum absolute atomic E-state index is 12.2. The third-order valence-electron chi connectivity index (χ3n) is 6.25. The zero-order chi connectivity index (χ0) is 25.5. The van der Waals surface area contributed by atoms with Crippen LogP contribution >= 0.6 is 15.9 Å². The van der Waals surface area contributed by atoms with Crippen LogP contribution in [0.5, 0.6) is 0 Å². The van der Waals surface area contributed by atoms with Gasteiger partial charge in [0, 0.05) is 30.0 Å². The molecule has 0 saturated carbocycles. The number of halogens is 1. The normalized spacial score (nSPS) is 11.4. The Kier molecular flexibility index (Phi) is 5.76. The van der Waals surface area contributed by atoms with Crippen molar-refractivity contribution in [1.82, 2.24) is 40.5 Å². The summed E-state index contributed by atoms with van der Waals surface area (Å²) < 4.78 is 9.18. The Hall–Kier alpha value is -4.38. The van der Waals surface area contributed by atoms with Crippen LogP contribution in [-0.4, -0.2) is 48.1 Å². The molecule has 4 heterocycles. The topological polar surface area (TPSA) is 127 Å². The van der Waals surface area contributed by atoms with Crippen LogP contribution < -0.4 is 5.32 Å². The molecule has 1 amide bonds. The van der Waals surface area contributed by atoms with E-state index in [9.17, 15) is 4.79 Å². The number of aromatic amines is 1. The van der Waals surface area contributed by atoms with Crippen LogP contribution in [0.4, 0.5) is 0 Å². The molecule has 4 aromatic heterocycles. The molecule has 10 nitrogen and oxygen atoms in total. The highest BCUT2D eigenvalue weighted by Crippen LogP contribution is 2.41. The summed E-state index contributed by atoms with van der Waals surface area (Å²) in [5, 5.41) is 17.9. The highest BCUT2D eigenvalue weighted by atomic mass is 79.9. The van der Waals surface area contributed by atoms with Gasteiger partial charge in [-0.25, -0.2) is 15.1 Å². The van der Waals surface area contributed by atoms with E-state index in [0.29, 0.717) is 29.5 Å². The molecule has 0 aliphatic carbocycles. The molecule has 6 aromatic rings. The standard InChI is InChI=1S/C26H21BrN8O2/c1-3-21-29-18-9-10-19(26(36)28-2)30-25(18)35(21)13-14-8-11-20-17(12-14)22(27)23(37-20)15-6-4-5-7-16(15)24-31-33-34-32-24/h4-12H,3,13H2,1-2H3,(H,28,36)(H,31,32,33,34). The zero-order valence-electron chi connectivity index (χ0n) is 20.0. The molecule has 2 aromatic carbocycles. The van der Waals surface area contributed by atoms with Gasteiger partial charge in [-0.3, -0.25) is 4.79 Å². The smallest absolute Gasteiger partial charge is 0.269 e. The van der Waals surface area contributed by atoms with Crippen LogP contribution in [0.2, 0.25) is 0 Å². The zero-order valence-corrected chi connectivity index (χ0v) is 21.6. The molecule has 0 unspecified atom stereocenters. The molecule has 6 rings (SSSR count). The fourth-order valence-corrected chi connectivity index (χ4v) is 5.07. The second kappa shape index (κ2) is 9.25. The largest absolute Gasteiger partial charge is 0.455 e. The van der Waals surface area contributed by atoms with Gasteiger partial charge < -0.3 is 14.3 Å². The minimum Gasteiger partial charge on any atom is -0.455 e. The number of imidazole rings is 1. The number of furan rings is 1. The average molecular weight is 557 g/mol.